The van der Waals surface area contributed by atoms with Gasteiger partial charge in [-0.1, -0.05) is 18.2 Å². The number of aliphatic hydroxyl groups is 2. The summed E-state index contributed by atoms with van der Waals surface area (Å²) in [4.78, 5) is 24.4. The lowest BCUT2D eigenvalue weighted by molar-refractivity contribution is -0.142. The van der Waals surface area contributed by atoms with Crippen LogP contribution in [-0.4, -0.2) is 67.2 Å². The van der Waals surface area contributed by atoms with Gasteiger partial charge in [-0.2, -0.15) is 9.97 Å². The van der Waals surface area contributed by atoms with E-state index in [2.05, 4.69) is 20.0 Å². The van der Waals surface area contributed by atoms with Gasteiger partial charge < -0.3 is 29.8 Å². The van der Waals surface area contributed by atoms with Crippen molar-refractivity contribution in [1.82, 2.24) is 24.6 Å². The number of nitrogens with zero attached hydrogens (tertiary/aromatic N) is 4. The molecule has 0 bridgehead atoms. The number of carbonyl (C=O) groups is 1. The zero-order valence-electron chi connectivity index (χ0n) is 19.5. The van der Waals surface area contributed by atoms with E-state index in [1.54, 1.807) is 34.9 Å². The minimum atomic E-state index is -3.78. The molecule has 1 aromatic carbocycles. The molecular formula is C22H26ClN6O6P. The van der Waals surface area contributed by atoms with Crippen molar-refractivity contribution >= 4 is 42.1 Å². The van der Waals surface area contributed by atoms with Gasteiger partial charge in [-0.15, -0.1) is 0 Å². The second-order valence-corrected chi connectivity index (χ2v) is 11.7. The molecule has 3 aromatic rings. The van der Waals surface area contributed by atoms with Gasteiger partial charge >= 0.3 is 13.5 Å². The number of imidazole rings is 1. The van der Waals surface area contributed by atoms with E-state index >= 15 is 0 Å². The van der Waals surface area contributed by atoms with Crippen LogP contribution in [0.15, 0.2) is 36.7 Å². The first-order valence-corrected chi connectivity index (χ1v) is 13.5. The highest BCUT2D eigenvalue weighted by atomic mass is 35.5. The first kappa shape index (κ1) is 24.9. The Labute approximate surface area is 211 Å². The molecule has 36 heavy (non-hydrogen) atoms. The first-order chi connectivity index (χ1) is 17.1. The Morgan fingerprint density at radius 3 is 2.78 bits per heavy atom. The van der Waals surface area contributed by atoms with Gasteiger partial charge in [-0.3, -0.25) is 9.36 Å². The van der Waals surface area contributed by atoms with Crippen molar-refractivity contribution in [2.24, 2.45) is 11.3 Å². The quantitative estimate of drug-likeness (QED) is 0.187. The van der Waals surface area contributed by atoms with Crippen LogP contribution in [0.2, 0.25) is 5.28 Å². The Balaban J connectivity index is 1.47. The molecule has 2 unspecified atom stereocenters. The van der Waals surface area contributed by atoms with Crippen molar-refractivity contribution in [2.45, 2.75) is 37.6 Å². The molecular weight excluding hydrogens is 511 g/mol. The summed E-state index contributed by atoms with van der Waals surface area (Å²) in [5.74, 6) is -0.454. The van der Waals surface area contributed by atoms with E-state index in [-0.39, 0.29) is 23.2 Å². The number of aliphatic hydroxyl groups excluding tert-OH is 2. The topological polar surface area (TPSA) is 175 Å². The number of anilines is 1. The lowest BCUT2D eigenvalue weighted by atomic mass is 10.0. The van der Waals surface area contributed by atoms with Gasteiger partial charge in [0.2, 0.25) is 5.28 Å². The monoisotopic (exact) mass is 536 g/mol. The Morgan fingerprint density at radius 1 is 1.36 bits per heavy atom. The summed E-state index contributed by atoms with van der Waals surface area (Å²) in [7, 11) is -2.55. The molecule has 5 rings (SSSR count). The number of hydrogen-bond donors (Lipinski definition) is 4. The number of esters is 1. The van der Waals surface area contributed by atoms with Crippen LogP contribution in [0, 0.1) is 11.3 Å². The maximum atomic E-state index is 14.1. The normalized spacial score (nSPS) is 29.4. The van der Waals surface area contributed by atoms with Crippen LogP contribution in [-0.2, 0) is 14.1 Å². The summed E-state index contributed by atoms with van der Waals surface area (Å²) < 4.78 is 26.4. The van der Waals surface area contributed by atoms with Gasteiger partial charge in [0.25, 0.3) is 0 Å². The summed E-state index contributed by atoms with van der Waals surface area (Å²) in [5, 5.41) is 24.9. The first-order valence-electron chi connectivity index (χ1n) is 11.3. The number of carbonyl (C=O) groups excluding carboxylic acids is 1. The van der Waals surface area contributed by atoms with Gasteiger partial charge in [0.1, 0.15) is 23.4 Å². The third kappa shape index (κ3) is 4.12. The predicted molar refractivity (Wildman–Crippen MR) is 130 cm³/mol. The highest BCUT2D eigenvalue weighted by molar-refractivity contribution is 7.57. The fourth-order valence-corrected chi connectivity index (χ4v) is 8.21. The largest absolute Gasteiger partial charge is 0.468 e. The fraction of sp³-hybridized carbons (Fsp3) is 0.455. The molecule has 7 atom stereocenters. The van der Waals surface area contributed by atoms with Crippen molar-refractivity contribution in [1.29, 1.82) is 0 Å². The predicted octanol–water partition coefficient (Wildman–Crippen LogP) is 1.77. The van der Waals surface area contributed by atoms with Crippen molar-refractivity contribution in [3.05, 3.63) is 41.9 Å². The van der Waals surface area contributed by atoms with Crippen LogP contribution >= 0.6 is 19.1 Å². The number of hydrogen-bond acceptors (Lipinski definition) is 10. The van der Waals surface area contributed by atoms with Crippen LogP contribution in [0.4, 0.5) is 5.82 Å². The lowest BCUT2D eigenvalue weighted by Gasteiger charge is -2.29. The second-order valence-electron chi connectivity index (χ2n) is 9.28. The number of aromatic nitrogens is 4. The van der Waals surface area contributed by atoms with Gasteiger partial charge in [0, 0.05) is 5.41 Å². The maximum Gasteiger partial charge on any atom is 0.323 e. The number of nitrogens with two attached hydrogens (primary N) is 1. The van der Waals surface area contributed by atoms with Crippen LogP contribution < -0.4 is 15.3 Å². The Kier molecular flexibility index (Phi) is 6.20. The van der Waals surface area contributed by atoms with E-state index < -0.39 is 43.2 Å². The smallest absolute Gasteiger partial charge is 0.323 e. The van der Waals surface area contributed by atoms with E-state index in [0.29, 0.717) is 23.3 Å². The van der Waals surface area contributed by atoms with E-state index in [1.165, 1.54) is 20.4 Å². The summed E-state index contributed by atoms with van der Waals surface area (Å²) in [5.41, 5.74) is 5.64. The molecule has 192 valence electrons. The SMILES string of the molecule is COC(=O)C(C)NP(=O)(C[C@]12C[C@@H]1[C@@H](n1cnc3c(N)nc(Cl)nc31)[C@H](O)[C@@H]2O)Oc1ccccc1. The number of benzene rings is 1. The number of rotatable bonds is 8. The van der Waals surface area contributed by atoms with E-state index in [0.717, 1.165) is 0 Å². The Bertz CT molecular complexity index is 1360. The van der Waals surface area contributed by atoms with Crippen LogP contribution in [0.3, 0.4) is 0 Å². The van der Waals surface area contributed by atoms with Gasteiger partial charge in [-0.05, 0) is 43.0 Å². The summed E-state index contributed by atoms with van der Waals surface area (Å²) in [6.45, 7) is 1.52. The van der Waals surface area contributed by atoms with E-state index in [9.17, 15) is 19.6 Å². The molecule has 5 N–H and O–H groups in total. The molecule has 2 heterocycles. The molecule has 0 amide bonds. The zero-order chi connectivity index (χ0) is 25.8. The number of halogens is 1. The molecule has 2 fully saturated rings. The number of nitrogens with one attached hydrogen (secondary N) is 1. The van der Waals surface area contributed by atoms with Crippen molar-refractivity contribution in [2.75, 3.05) is 19.0 Å². The standard InChI is InChI=1S/C22H26ClN6O6P/c1-11(20(32)34-2)28-36(33,35-12-6-4-3-5-7-12)9-22-8-13(22)15(16(30)17(22)31)29-10-25-14-18(24)26-21(23)27-19(14)29/h3-7,10-11,13,15-17,30-31H,8-9H2,1-2H3,(H,28,33)(H2,24,26,27)/t11?,13-,15-,16+,17+,22-,36?/m1/s1. The highest BCUT2D eigenvalue weighted by Crippen LogP contribution is 2.72. The maximum absolute atomic E-state index is 14.1. The molecule has 14 heteroatoms. The average Bonchev–Trinajstić information content (AvgIpc) is 3.30. The fourth-order valence-electron chi connectivity index (χ4n) is 5.35. The minimum Gasteiger partial charge on any atom is -0.468 e. The molecule has 0 spiro atoms. The summed E-state index contributed by atoms with van der Waals surface area (Å²) >= 11 is 5.99. The zero-order valence-corrected chi connectivity index (χ0v) is 21.1. The van der Waals surface area contributed by atoms with Crippen LogP contribution in [0.5, 0.6) is 5.75 Å². The third-order valence-electron chi connectivity index (χ3n) is 7.04. The molecule has 0 saturated heterocycles. The molecule has 12 nitrogen and oxygen atoms in total. The molecule has 0 radical (unpaired) electrons. The van der Waals surface area contributed by atoms with Crippen molar-refractivity contribution in [3.8, 4) is 5.75 Å². The van der Waals surface area contributed by atoms with Crippen LogP contribution in [0.25, 0.3) is 11.2 Å². The van der Waals surface area contributed by atoms with Crippen molar-refractivity contribution < 1.29 is 28.8 Å². The molecule has 2 aliphatic carbocycles. The molecule has 2 aliphatic rings. The third-order valence-corrected chi connectivity index (χ3v) is 9.50. The summed E-state index contributed by atoms with van der Waals surface area (Å²) in [6.07, 6.45) is -0.624. The number of fused-ring (bicyclic) bond motifs is 2. The summed E-state index contributed by atoms with van der Waals surface area (Å²) in [6, 6.07) is 6.98. The van der Waals surface area contributed by atoms with Gasteiger partial charge in [0.05, 0.1) is 31.7 Å². The van der Waals surface area contributed by atoms with Crippen molar-refractivity contribution in [3.63, 3.8) is 0 Å². The number of methoxy groups -OCH3 is 1. The highest BCUT2D eigenvalue weighted by Gasteiger charge is 2.73. The number of nitrogen functional groups attached to an aromatic ring is 1. The minimum absolute atomic E-state index is 0.0707. The number of ether oxygens (including phenoxy) is 1. The molecule has 2 saturated carbocycles. The van der Waals surface area contributed by atoms with Crippen LogP contribution in [0.1, 0.15) is 19.4 Å². The van der Waals surface area contributed by atoms with Gasteiger partial charge in [0.15, 0.2) is 11.5 Å². The second kappa shape index (κ2) is 8.97. The number of para-hydroxylation sites is 1. The lowest BCUT2D eigenvalue weighted by Crippen LogP contribution is -2.39. The Morgan fingerprint density at radius 2 is 2.08 bits per heavy atom. The van der Waals surface area contributed by atoms with E-state index in [1.807, 2.05) is 0 Å². The Hall–Kier alpha value is -2.76. The average molecular weight is 537 g/mol. The van der Waals surface area contributed by atoms with E-state index in [4.69, 9.17) is 26.6 Å². The molecule has 0 aliphatic heterocycles. The van der Waals surface area contributed by atoms with Gasteiger partial charge in [-0.25, -0.2) is 10.1 Å². The molecule has 2 aromatic heterocycles.